The summed E-state index contributed by atoms with van der Waals surface area (Å²) in [6.07, 6.45) is 6.65. The molecule has 18 heavy (non-hydrogen) atoms. The Bertz CT molecular complexity index is 417. The Labute approximate surface area is 118 Å². The van der Waals surface area contributed by atoms with Gasteiger partial charge in [-0.05, 0) is 59.3 Å². The topological polar surface area (TPSA) is 38.0 Å². The molecule has 3 heteroatoms. The van der Waals surface area contributed by atoms with Crippen molar-refractivity contribution < 1.29 is 0 Å². The monoisotopic (exact) mass is 310 g/mol. The Morgan fingerprint density at radius 3 is 2.78 bits per heavy atom. The third kappa shape index (κ3) is 3.00. The Morgan fingerprint density at radius 1 is 1.33 bits per heavy atom. The SMILES string of the molecule is CCC1CCCCC1Nc1cc(C)c(N)cc1Br. The molecule has 1 aliphatic carbocycles. The van der Waals surface area contributed by atoms with Gasteiger partial charge in [0.05, 0.1) is 0 Å². The number of nitrogens with two attached hydrogens (primary N) is 1. The van der Waals surface area contributed by atoms with Gasteiger partial charge in [-0.3, -0.25) is 0 Å². The van der Waals surface area contributed by atoms with Crippen LogP contribution in [0.3, 0.4) is 0 Å². The molecule has 0 spiro atoms. The second kappa shape index (κ2) is 5.96. The highest BCUT2D eigenvalue weighted by atomic mass is 79.9. The number of benzene rings is 1. The highest BCUT2D eigenvalue weighted by Crippen LogP contribution is 2.33. The quantitative estimate of drug-likeness (QED) is 0.793. The summed E-state index contributed by atoms with van der Waals surface area (Å²) in [7, 11) is 0. The minimum absolute atomic E-state index is 0.614. The lowest BCUT2D eigenvalue weighted by atomic mass is 9.83. The van der Waals surface area contributed by atoms with Gasteiger partial charge in [0.1, 0.15) is 0 Å². The van der Waals surface area contributed by atoms with Crippen molar-refractivity contribution in [2.24, 2.45) is 5.92 Å². The maximum atomic E-state index is 5.92. The van der Waals surface area contributed by atoms with Gasteiger partial charge < -0.3 is 11.1 Å². The molecule has 1 fully saturated rings. The lowest BCUT2D eigenvalue weighted by molar-refractivity contribution is 0.317. The second-order valence-electron chi connectivity index (χ2n) is 5.39. The molecule has 0 aromatic heterocycles. The lowest BCUT2D eigenvalue weighted by Crippen LogP contribution is -2.31. The molecular formula is C15H23BrN2. The molecule has 0 bridgehead atoms. The Balaban J connectivity index is 2.15. The molecule has 1 saturated carbocycles. The van der Waals surface area contributed by atoms with Crippen LogP contribution in [0.15, 0.2) is 16.6 Å². The van der Waals surface area contributed by atoms with Crippen molar-refractivity contribution in [1.82, 2.24) is 0 Å². The standard InChI is InChI=1S/C15H23BrN2/c1-3-11-6-4-5-7-14(11)18-15-8-10(2)13(17)9-12(15)16/h8-9,11,14,18H,3-7,17H2,1-2H3. The van der Waals surface area contributed by atoms with Crippen molar-refractivity contribution in [1.29, 1.82) is 0 Å². The van der Waals surface area contributed by atoms with Crippen molar-refractivity contribution in [2.45, 2.75) is 52.0 Å². The summed E-state index contributed by atoms with van der Waals surface area (Å²) in [5.41, 5.74) is 9.10. The summed E-state index contributed by atoms with van der Waals surface area (Å²) < 4.78 is 1.08. The highest BCUT2D eigenvalue weighted by Gasteiger charge is 2.23. The minimum atomic E-state index is 0.614. The van der Waals surface area contributed by atoms with Crippen LogP contribution in [0.1, 0.15) is 44.6 Å². The summed E-state index contributed by atoms with van der Waals surface area (Å²) in [6.45, 7) is 4.36. The Hall–Kier alpha value is -0.700. The summed E-state index contributed by atoms with van der Waals surface area (Å²) in [4.78, 5) is 0. The Kier molecular flexibility index (Phi) is 4.55. The zero-order valence-electron chi connectivity index (χ0n) is 11.3. The van der Waals surface area contributed by atoms with Crippen LogP contribution >= 0.6 is 15.9 Å². The average Bonchev–Trinajstić information content (AvgIpc) is 2.36. The molecule has 3 N–H and O–H groups in total. The van der Waals surface area contributed by atoms with Gasteiger partial charge in [-0.1, -0.05) is 26.2 Å². The summed E-state index contributed by atoms with van der Waals surface area (Å²) in [5, 5.41) is 3.72. The van der Waals surface area contributed by atoms with Crippen LogP contribution in [0.4, 0.5) is 11.4 Å². The van der Waals surface area contributed by atoms with Crippen molar-refractivity contribution >= 4 is 27.3 Å². The van der Waals surface area contributed by atoms with Crippen LogP contribution in [0.2, 0.25) is 0 Å². The maximum absolute atomic E-state index is 5.92. The zero-order chi connectivity index (χ0) is 13.1. The first kappa shape index (κ1) is 13.7. The van der Waals surface area contributed by atoms with E-state index in [9.17, 15) is 0 Å². The van der Waals surface area contributed by atoms with E-state index >= 15 is 0 Å². The molecule has 0 amide bonds. The zero-order valence-corrected chi connectivity index (χ0v) is 12.9. The van der Waals surface area contributed by atoms with Gasteiger partial charge in [-0.25, -0.2) is 0 Å². The normalized spacial score (nSPS) is 23.9. The molecular weight excluding hydrogens is 288 g/mol. The highest BCUT2D eigenvalue weighted by molar-refractivity contribution is 9.10. The van der Waals surface area contributed by atoms with E-state index in [1.165, 1.54) is 37.8 Å². The Morgan fingerprint density at radius 2 is 2.06 bits per heavy atom. The van der Waals surface area contributed by atoms with E-state index in [4.69, 9.17) is 5.73 Å². The molecule has 2 atom stereocenters. The fourth-order valence-corrected chi connectivity index (χ4v) is 3.37. The van der Waals surface area contributed by atoms with E-state index in [1.54, 1.807) is 0 Å². The maximum Gasteiger partial charge on any atom is 0.0491 e. The van der Waals surface area contributed by atoms with Crippen LogP contribution < -0.4 is 11.1 Å². The molecule has 100 valence electrons. The number of hydrogen-bond donors (Lipinski definition) is 2. The first-order valence-electron chi connectivity index (χ1n) is 6.94. The largest absolute Gasteiger partial charge is 0.398 e. The third-order valence-corrected chi connectivity index (χ3v) is 4.79. The fraction of sp³-hybridized carbons (Fsp3) is 0.600. The number of nitrogen functional groups attached to an aromatic ring is 1. The molecule has 1 aromatic rings. The molecule has 2 rings (SSSR count). The van der Waals surface area contributed by atoms with Crippen LogP contribution in [0, 0.1) is 12.8 Å². The van der Waals surface area contributed by atoms with Crippen molar-refractivity contribution in [3.8, 4) is 0 Å². The van der Waals surface area contributed by atoms with Crippen LogP contribution in [0.5, 0.6) is 0 Å². The van der Waals surface area contributed by atoms with Crippen molar-refractivity contribution in [3.63, 3.8) is 0 Å². The fourth-order valence-electron chi connectivity index (χ4n) is 2.89. The van der Waals surface area contributed by atoms with Gasteiger partial charge in [0, 0.05) is 21.9 Å². The van der Waals surface area contributed by atoms with Gasteiger partial charge in [0.15, 0.2) is 0 Å². The van der Waals surface area contributed by atoms with Crippen LogP contribution in [-0.4, -0.2) is 6.04 Å². The molecule has 2 unspecified atom stereocenters. The van der Waals surface area contributed by atoms with Gasteiger partial charge in [-0.2, -0.15) is 0 Å². The van der Waals surface area contributed by atoms with Gasteiger partial charge in [0.2, 0.25) is 0 Å². The third-order valence-electron chi connectivity index (χ3n) is 4.13. The van der Waals surface area contributed by atoms with E-state index in [0.717, 1.165) is 21.6 Å². The van der Waals surface area contributed by atoms with E-state index < -0.39 is 0 Å². The number of rotatable bonds is 3. The smallest absolute Gasteiger partial charge is 0.0491 e. The molecule has 0 aliphatic heterocycles. The van der Waals surface area contributed by atoms with Crippen molar-refractivity contribution in [2.75, 3.05) is 11.1 Å². The minimum Gasteiger partial charge on any atom is -0.398 e. The molecule has 0 radical (unpaired) electrons. The number of nitrogens with one attached hydrogen (secondary N) is 1. The van der Waals surface area contributed by atoms with Crippen LogP contribution in [0.25, 0.3) is 0 Å². The van der Waals surface area contributed by atoms with Gasteiger partial charge in [0.25, 0.3) is 0 Å². The van der Waals surface area contributed by atoms with E-state index in [1.807, 2.05) is 6.07 Å². The second-order valence-corrected chi connectivity index (χ2v) is 6.25. The first-order valence-corrected chi connectivity index (χ1v) is 7.73. The molecule has 0 saturated heterocycles. The van der Waals surface area contributed by atoms with Crippen LogP contribution in [-0.2, 0) is 0 Å². The summed E-state index contributed by atoms with van der Waals surface area (Å²) in [6, 6.07) is 4.77. The van der Waals surface area contributed by atoms with Crippen molar-refractivity contribution in [3.05, 3.63) is 22.2 Å². The molecule has 0 heterocycles. The predicted molar refractivity (Wildman–Crippen MR) is 83.0 cm³/mol. The van der Waals surface area contributed by atoms with Gasteiger partial charge >= 0.3 is 0 Å². The molecule has 2 nitrogen and oxygen atoms in total. The lowest BCUT2D eigenvalue weighted by Gasteiger charge is -2.32. The van der Waals surface area contributed by atoms with E-state index in [0.29, 0.717) is 6.04 Å². The van der Waals surface area contributed by atoms with E-state index in [-0.39, 0.29) is 0 Å². The van der Waals surface area contributed by atoms with Gasteiger partial charge in [-0.15, -0.1) is 0 Å². The average molecular weight is 311 g/mol. The molecule has 1 aromatic carbocycles. The van der Waals surface area contributed by atoms with E-state index in [2.05, 4.69) is 41.2 Å². The predicted octanol–water partition coefficient (Wildman–Crippen LogP) is 4.72. The number of aryl methyl sites for hydroxylation is 1. The first-order chi connectivity index (χ1) is 8.61. The summed E-state index contributed by atoms with van der Waals surface area (Å²) in [5.74, 6) is 0.809. The number of anilines is 2. The number of hydrogen-bond acceptors (Lipinski definition) is 2. The summed E-state index contributed by atoms with van der Waals surface area (Å²) >= 11 is 3.61. The number of halogens is 1. The molecule has 1 aliphatic rings.